The van der Waals surface area contributed by atoms with E-state index >= 15 is 0 Å². The Hall–Kier alpha value is -3.99. The summed E-state index contributed by atoms with van der Waals surface area (Å²) in [6.07, 6.45) is 1.44. The Morgan fingerprint density at radius 1 is 1.12 bits per heavy atom. The Labute approximate surface area is 199 Å². The Balaban J connectivity index is 1.58. The Morgan fingerprint density at radius 3 is 2.59 bits per heavy atom. The third kappa shape index (κ3) is 4.84. The first kappa shape index (κ1) is 23.2. The topological polar surface area (TPSA) is 120 Å². The van der Waals surface area contributed by atoms with Gasteiger partial charge >= 0.3 is 0 Å². The van der Waals surface area contributed by atoms with Crippen molar-refractivity contribution >= 4 is 34.4 Å². The molecule has 2 N–H and O–H groups in total. The largest absolute Gasteiger partial charge is 0.494 e. The molecule has 0 aliphatic rings. The average molecular weight is 482 g/mol. The van der Waals surface area contributed by atoms with Crippen LogP contribution in [0.2, 0.25) is 0 Å². The molecule has 0 unspecified atom stereocenters. The van der Waals surface area contributed by atoms with Crippen LogP contribution < -0.4 is 25.1 Å². The zero-order valence-corrected chi connectivity index (χ0v) is 19.6. The van der Waals surface area contributed by atoms with Gasteiger partial charge in [-0.15, -0.1) is 0 Å². The lowest BCUT2D eigenvalue weighted by Crippen LogP contribution is -2.22. The van der Waals surface area contributed by atoms with Gasteiger partial charge < -0.3 is 19.5 Å². The van der Waals surface area contributed by atoms with Crippen LogP contribution in [-0.4, -0.2) is 52.2 Å². The smallest absolute Gasteiger partial charge is 0.269 e. The molecule has 0 fully saturated rings. The number of rotatable bonds is 9. The number of fused-ring (bicyclic) bond motifs is 1. The molecule has 11 heteroatoms. The molecule has 0 spiro atoms. The first-order chi connectivity index (χ1) is 16.5. The van der Waals surface area contributed by atoms with E-state index in [2.05, 4.69) is 20.5 Å². The molecule has 2 aromatic carbocycles. The van der Waals surface area contributed by atoms with Gasteiger partial charge in [-0.25, -0.2) is 4.98 Å². The fourth-order valence-corrected chi connectivity index (χ4v) is 4.10. The number of anilines is 1. The van der Waals surface area contributed by atoms with E-state index in [1.807, 2.05) is 6.92 Å². The van der Waals surface area contributed by atoms with Crippen LogP contribution in [-0.2, 0) is 4.79 Å². The second-order valence-corrected chi connectivity index (χ2v) is 7.94. The number of ether oxygens (including phenoxy) is 3. The van der Waals surface area contributed by atoms with Gasteiger partial charge in [0, 0.05) is 11.8 Å². The van der Waals surface area contributed by atoms with E-state index in [4.69, 9.17) is 14.2 Å². The minimum absolute atomic E-state index is 0.0253. The summed E-state index contributed by atoms with van der Waals surface area (Å²) in [5, 5.41) is 10.2. The molecule has 10 nitrogen and oxygen atoms in total. The van der Waals surface area contributed by atoms with Crippen LogP contribution in [0.4, 0.5) is 5.69 Å². The van der Waals surface area contributed by atoms with Gasteiger partial charge in [-0.3, -0.25) is 19.3 Å². The number of hydrogen-bond acceptors (Lipinski definition) is 8. The summed E-state index contributed by atoms with van der Waals surface area (Å²) in [6.45, 7) is 2.44. The molecule has 1 amide bonds. The molecule has 0 saturated heterocycles. The summed E-state index contributed by atoms with van der Waals surface area (Å²) in [5.41, 5.74) is 1.23. The van der Waals surface area contributed by atoms with Crippen molar-refractivity contribution < 1.29 is 19.0 Å². The van der Waals surface area contributed by atoms with Gasteiger partial charge in [0.1, 0.15) is 11.1 Å². The lowest BCUT2D eigenvalue weighted by molar-refractivity contribution is -0.113. The van der Waals surface area contributed by atoms with Crippen molar-refractivity contribution in [3.05, 3.63) is 59.0 Å². The maximum absolute atomic E-state index is 13.2. The normalized spacial score (nSPS) is 10.8. The van der Waals surface area contributed by atoms with E-state index in [1.165, 1.54) is 17.9 Å². The molecule has 2 aromatic heterocycles. The maximum Gasteiger partial charge on any atom is 0.269 e. The number of nitrogens with one attached hydrogen (secondary N) is 2. The number of methoxy groups -OCH3 is 2. The standard InChI is InChI=1S/C23H23N5O5S/c1-4-33-16-8-6-15(7-9-16)28-22(30)17-12-24-27-21(17)26-23(28)34-13-20(29)25-14-5-10-18(31-2)19(11-14)32-3/h5-12H,4,13H2,1-3H3,(H,24,27)(H,25,29). The molecular formula is C23H23N5O5S. The maximum atomic E-state index is 13.2. The van der Waals surface area contributed by atoms with Crippen molar-refractivity contribution in [3.8, 4) is 22.9 Å². The summed E-state index contributed by atoms with van der Waals surface area (Å²) >= 11 is 1.14. The van der Waals surface area contributed by atoms with E-state index in [1.54, 1.807) is 49.6 Å². The summed E-state index contributed by atoms with van der Waals surface area (Å²) < 4.78 is 17.4. The Morgan fingerprint density at radius 2 is 1.88 bits per heavy atom. The highest BCUT2D eigenvalue weighted by Crippen LogP contribution is 2.30. The van der Waals surface area contributed by atoms with Crippen LogP contribution in [0.1, 0.15) is 6.92 Å². The molecule has 4 aromatic rings. The van der Waals surface area contributed by atoms with Gasteiger partial charge in [-0.2, -0.15) is 5.10 Å². The molecule has 0 aliphatic carbocycles. The highest BCUT2D eigenvalue weighted by Gasteiger charge is 2.16. The van der Waals surface area contributed by atoms with Crippen molar-refractivity contribution in [2.24, 2.45) is 0 Å². The van der Waals surface area contributed by atoms with Gasteiger partial charge in [0.25, 0.3) is 5.56 Å². The fourth-order valence-electron chi connectivity index (χ4n) is 3.30. The minimum atomic E-state index is -0.286. The molecule has 2 heterocycles. The van der Waals surface area contributed by atoms with Crippen molar-refractivity contribution in [3.63, 3.8) is 0 Å². The molecule has 0 atom stereocenters. The number of benzene rings is 2. The highest BCUT2D eigenvalue weighted by molar-refractivity contribution is 7.99. The number of amides is 1. The average Bonchev–Trinajstić information content (AvgIpc) is 3.33. The summed E-state index contributed by atoms with van der Waals surface area (Å²) in [5.74, 6) is 1.52. The number of thioether (sulfide) groups is 1. The molecule has 0 radical (unpaired) electrons. The summed E-state index contributed by atoms with van der Waals surface area (Å²) in [4.78, 5) is 30.3. The molecule has 0 bridgehead atoms. The summed E-state index contributed by atoms with van der Waals surface area (Å²) in [6, 6.07) is 12.2. The first-order valence-corrected chi connectivity index (χ1v) is 11.4. The van der Waals surface area contributed by atoms with Gasteiger partial charge in [0.2, 0.25) is 5.91 Å². The van der Waals surface area contributed by atoms with Crippen molar-refractivity contribution in [2.75, 3.05) is 31.9 Å². The zero-order valence-electron chi connectivity index (χ0n) is 18.8. The van der Waals surface area contributed by atoms with Crippen LogP contribution in [0, 0.1) is 0 Å². The SMILES string of the molecule is CCOc1ccc(-n2c(SCC(=O)Nc3ccc(OC)c(OC)c3)nc3[nH]ncc3c2=O)cc1. The predicted molar refractivity (Wildman–Crippen MR) is 130 cm³/mol. The van der Waals surface area contributed by atoms with Gasteiger partial charge in [-0.1, -0.05) is 11.8 Å². The van der Waals surface area contributed by atoms with E-state index in [9.17, 15) is 9.59 Å². The summed E-state index contributed by atoms with van der Waals surface area (Å²) in [7, 11) is 3.07. The van der Waals surface area contributed by atoms with E-state index < -0.39 is 0 Å². The molecule has 4 rings (SSSR count). The third-order valence-electron chi connectivity index (χ3n) is 4.86. The number of H-pyrrole nitrogens is 1. The van der Waals surface area contributed by atoms with Crippen molar-refractivity contribution in [2.45, 2.75) is 12.1 Å². The highest BCUT2D eigenvalue weighted by atomic mass is 32.2. The molecular weight excluding hydrogens is 458 g/mol. The van der Waals surface area contributed by atoms with Crippen LogP contribution >= 0.6 is 11.8 Å². The van der Waals surface area contributed by atoms with E-state index in [0.29, 0.717) is 51.4 Å². The molecule has 176 valence electrons. The van der Waals surface area contributed by atoms with Crippen LogP contribution in [0.25, 0.3) is 16.7 Å². The number of nitrogens with zero attached hydrogens (tertiary/aromatic N) is 3. The van der Waals surface area contributed by atoms with Gasteiger partial charge in [0.15, 0.2) is 22.3 Å². The lowest BCUT2D eigenvalue weighted by atomic mass is 10.2. The molecule has 0 saturated carbocycles. The van der Waals surface area contributed by atoms with Crippen molar-refractivity contribution in [1.29, 1.82) is 0 Å². The Kier molecular flexibility index (Phi) is 7.02. The monoisotopic (exact) mass is 481 g/mol. The van der Waals surface area contributed by atoms with Crippen molar-refractivity contribution in [1.82, 2.24) is 19.7 Å². The number of hydrogen-bond donors (Lipinski definition) is 2. The van der Waals surface area contributed by atoms with Crippen LogP contribution in [0.15, 0.2) is 58.6 Å². The van der Waals surface area contributed by atoms with E-state index in [0.717, 1.165) is 11.8 Å². The number of aromatic amines is 1. The molecule has 0 aliphatic heterocycles. The number of carbonyl (C=O) groups is 1. The second kappa shape index (κ2) is 10.3. The predicted octanol–water partition coefficient (Wildman–Crippen LogP) is 3.26. The van der Waals surface area contributed by atoms with Crippen LogP contribution in [0.3, 0.4) is 0 Å². The number of carbonyl (C=O) groups excluding carboxylic acids is 1. The minimum Gasteiger partial charge on any atom is -0.494 e. The quantitative estimate of drug-likeness (QED) is 0.276. The number of aromatic nitrogens is 4. The third-order valence-corrected chi connectivity index (χ3v) is 5.80. The van der Waals surface area contributed by atoms with Gasteiger partial charge in [0.05, 0.1) is 38.5 Å². The zero-order chi connectivity index (χ0) is 24.1. The first-order valence-electron chi connectivity index (χ1n) is 10.4. The molecule has 34 heavy (non-hydrogen) atoms. The van der Waals surface area contributed by atoms with E-state index in [-0.39, 0.29) is 17.2 Å². The van der Waals surface area contributed by atoms with Crippen LogP contribution in [0.5, 0.6) is 17.2 Å². The second-order valence-electron chi connectivity index (χ2n) is 7.00. The Bertz CT molecular complexity index is 1370. The lowest BCUT2D eigenvalue weighted by Gasteiger charge is -2.13. The fraction of sp³-hybridized carbons (Fsp3) is 0.217. The van der Waals surface area contributed by atoms with Gasteiger partial charge in [-0.05, 0) is 43.3 Å².